The number of epoxide rings is 4. The number of unbranched alkanes of at least 4 members (excludes halogenated alkanes) is 1. The molecule has 4 aliphatic heterocycles. The van der Waals surface area contributed by atoms with Gasteiger partial charge in [-0.25, -0.2) is 0 Å². The van der Waals surface area contributed by atoms with E-state index in [1.165, 1.54) is 81.8 Å². The lowest BCUT2D eigenvalue weighted by Gasteiger charge is -2.17. The third kappa shape index (κ3) is 14.1. The second kappa shape index (κ2) is 17.6. The zero-order chi connectivity index (χ0) is 26.3. The summed E-state index contributed by atoms with van der Waals surface area (Å²) in [6.07, 6.45) is 17.1. The van der Waals surface area contributed by atoms with Gasteiger partial charge in [0.25, 0.3) is 0 Å². The first-order valence-electron chi connectivity index (χ1n) is 15.3. The molecule has 6 unspecified atom stereocenters. The minimum atomic E-state index is 0.404. The summed E-state index contributed by atoms with van der Waals surface area (Å²) < 4.78 is 25.9. The Bertz CT molecular complexity index is 713. The molecule has 0 spiro atoms. The van der Waals surface area contributed by atoms with E-state index in [4.69, 9.17) is 23.7 Å². The van der Waals surface area contributed by atoms with Crippen LogP contribution in [-0.2, 0) is 30.1 Å². The van der Waals surface area contributed by atoms with Gasteiger partial charge in [-0.15, -0.1) is 0 Å². The Hall–Kier alpha value is -0.980. The van der Waals surface area contributed by atoms with Gasteiger partial charge in [-0.1, -0.05) is 84.1 Å². The van der Waals surface area contributed by atoms with Crippen molar-refractivity contribution in [3.8, 4) is 0 Å². The van der Waals surface area contributed by atoms with E-state index in [-0.39, 0.29) is 0 Å². The van der Waals surface area contributed by atoms with Crippen LogP contribution in [0.5, 0.6) is 0 Å². The summed E-state index contributed by atoms with van der Waals surface area (Å²) in [5, 5.41) is 0. The van der Waals surface area contributed by atoms with Gasteiger partial charge in [0, 0.05) is 6.61 Å². The van der Waals surface area contributed by atoms with E-state index in [0.717, 1.165) is 39.0 Å². The Kier molecular flexibility index (Phi) is 14.5. The molecular weight excluding hydrogens is 464 g/mol. The Morgan fingerprint density at radius 1 is 0.811 bits per heavy atom. The third-order valence-corrected chi connectivity index (χ3v) is 7.37. The van der Waals surface area contributed by atoms with Crippen LogP contribution in [0.2, 0.25) is 0 Å². The van der Waals surface area contributed by atoms with Crippen molar-refractivity contribution in [2.75, 3.05) is 33.0 Å². The van der Waals surface area contributed by atoms with E-state index in [2.05, 4.69) is 52.0 Å². The molecule has 6 atom stereocenters. The second-order valence-electron chi connectivity index (χ2n) is 11.1. The fourth-order valence-corrected chi connectivity index (χ4v) is 4.82. The van der Waals surface area contributed by atoms with Crippen LogP contribution in [0.3, 0.4) is 0 Å². The molecule has 0 aromatic heterocycles. The Morgan fingerprint density at radius 2 is 1.57 bits per heavy atom. The lowest BCUT2D eigenvalue weighted by molar-refractivity contribution is 0.114. The minimum absolute atomic E-state index is 0.404. The maximum absolute atomic E-state index is 5.45. The molecule has 0 N–H and O–H groups in total. The van der Waals surface area contributed by atoms with Crippen molar-refractivity contribution in [1.29, 1.82) is 0 Å². The highest BCUT2D eigenvalue weighted by Gasteiger charge is 2.43. The summed E-state index contributed by atoms with van der Waals surface area (Å²) in [5.74, 6) is 0.994. The molecule has 1 aromatic carbocycles. The number of fused-ring (bicyclic) bond motifs is 1. The van der Waals surface area contributed by atoms with Crippen LogP contribution in [0, 0.1) is 5.92 Å². The SMILES string of the molecule is CCCC1CCC2OC2C1.CCCC1CO1.CCCCOCC1CO1.CCCc1cccc(C2CO2)c1. The predicted molar refractivity (Wildman–Crippen MR) is 150 cm³/mol. The highest BCUT2D eigenvalue weighted by Crippen LogP contribution is 2.40. The van der Waals surface area contributed by atoms with E-state index in [9.17, 15) is 0 Å². The van der Waals surface area contributed by atoms with E-state index in [1.54, 1.807) is 0 Å². The standard InChI is InChI=1S/C11H14O.C9H16O.C7H14O2.C5H10O/c1-2-4-9-5-3-6-10(7-9)11-8-12-11;1-2-3-7-4-5-8-9(6-7)10-8;1-2-3-4-8-5-7-6-9-7;1-2-3-5-4-6-5/h3,5-7,11H,2,4,8H2,1H3;7-9H,2-6H2,1H3;7H,2-6H2,1H3;5H,2-4H2,1H3. The second-order valence-corrected chi connectivity index (χ2v) is 11.1. The van der Waals surface area contributed by atoms with Gasteiger partial charge < -0.3 is 23.7 Å². The Balaban J connectivity index is 0.000000141. The van der Waals surface area contributed by atoms with Crippen molar-refractivity contribution in [2.24, 2.45) is 5.92 Å². The molecule has 0 bridgehead atoms. The molecule has 5 heteroatoms. The lowest BCUT2D eigenvalue weighted by Crippen LogP contribution is -2.12. The monoisotopic (exact) mass is 518 g/mol. The smallest absolute Gasteiger partial charge is 0.106 e. The van der Waals surface area contributed by atoms with E-state index in [1.807, 2.05) is 0 Å². The topological polar surface area (TPSA) is 59.4 Å². The van der Waals surface area contributed by atoms with E-state index < -0.39 is 0 Å². The Morgan fingerprint density at radius 3 is 2.14 bits per heavy atom. The van der Waals surface area contributed by atoms with Gasteiger partial charge in [-0.2, -0.15) is 0 Å². The number of benzene rings is 1. The van der Waals surface area contributed by atoms with E-state index in [0.29, 0.717) is 30.5 Å². The van der Waals surface area contributed by atoms with Crippen LogP contribution < -0.4 is 0 Å². The number of aryl methyl sites for hydroxylation is 1. The maximum Gasteiger partial charge on any atom is 0.106 e. The minimum Gasteiger partial charge on any atom is -0.379 e. The van der Waals surface area contributed by atoms with Crippen molar-refractivity contribution >= 4 is 0 Å². The van der Waals surface area contributed by atoms with Gasteiger partial charge in [0.05, 0.1) is 44.7 Å². The lowest BCUT2D eigenvalue weighted by atomic mass is 9.86. The molecule has 4 saturated heterocycles. The molecule has 1 saturated carbocycles. The fourth-order valence-electron chi connectivity index (χ4n) is 4.82. The molecule has 4 heterocycles. The first-order valence-corrected chi connectivity index (χ1v) is 15.3. The molecule has 37 heavy (non-hydrogen) atoms. The van der Waals surface area contributed by atoms with Crippen LogP contribution in [0.4, 0.5) is 0 Å². The summed E-state index contributed by atoms with van der Waals surface area (Å²) in [5.41, 5.74) is 2.78. The first kappa shape index (κ1) is 30.6. The summed E-state index contributed by atoms with van der Waals surface area (Å²) in [6.45, 7) is 13.4. The van der Waals surface area contributed by atoms with Gasteiger partial charge in [0.1, 0.15) is 12.2 Å². The molecule has 0 amide bonds. The number of hydrogen-bond donors (Lipinski definition) is 0. The van der Waals surface area contributed by atoms with Crippen molar-refractivity contribution in [1.82, 2.24) is 0 Å². The highest BCUT2D eigenvalue weighted by molar-refractivity contribution is 5.27. The van der Waals surface area contributed by atoms with Gasteiger partial charge in [-0.05, 0) is 55.6 Å². The zero-order valence-corrected chi connectivity index (χ0v) is 24.1. The zero-order valence-electron chi connectivity index (χ0n) is 24.1. The summed E-state index contributed by atoms with van der Waals surface area (Å²) in [4.78, 5) is 0. The van der Waals surface area contributed by atoms with Crippen LogP contribution in [0.1, 0.15) is 109 Å². The quantitative estimate of drug-likeness (QED) is 0.212. The highest BCUT2D eigenvalue weighted by atomic mass is 16.6. The molecule has 5 aliphatic rings. The molecule has 6 rings (SSSR count). The number of rotatable bonds is 12. The average molecular weight is 519 g/mol. The first-order chi connectivity index (χ1) is 18.2. The van der Waals surface area contributed by atoms with Gasteiger partial charge in [-0.3, -0.25) is 0 Å². The molecule has 1 aromatic rings. The molecule has 1 aliphatic carbocycles. The largest absolute Gasteiger partial charge is 0.379 e. The van der Waals surface area contributed by atoms with Crippen molar-refractivity contribution in [3.63, 3.8) is 0 Å². The van der Waals surface area contributed by atoms with Crippen LogP contribution in [0.25, 0.3) is 0 Å². The Labute approximate surface area is 226 Å². The van der Waals surface area contributed by atoms with Gasteiger partial charge >= 0.3 is 0 Å². The summed E-state index contributed by atoms with van der Waals surface area (Å²) in [6, 6.07) is 8.73. The predicted octanol–water partition coefficient (Wildman–Crippen LogP) is 7.45. The van der Waals surface area contributed by atoms with Crippen LogP contribution in [-0.4, -0.2) is 57.5 Å². The number of ether oxygens (including phenoxy) is 5. The normalized spacial score (nSPS) is 29.7. The fraction of sp³-hybridized carbons (Fsp3) is 0.812. The van der Waals surface area contributed by atoms with Crippen LogP contribution >= 0.6 is 0 Å². The van der Waals surface area contributed by atoms with E-state index >= 15 is 0 Å². The van der Waals surface area contributed by atoms with Crippen molar-refractivity contribution < 1.29 is 23.7 Å². The molecule has 0 radical (unpaired) electrons. The van der Waals surface area contributed by atoms with Crippen molar-refractivity contribution in [2.45, 2.75) is 129 Å². The molecule has 212 valence electrons. The van der Waals surface area contributed by atoms with Crippen molar-refractivity contribution in [3.05, 3.63) is 35.4 Å². The molecule has 5 nitrogen and oxygen atoms in total. The maximum atomic E-state index is 5.45. The average Bonchev–Trinajstić information content (AvgIpc) is 3.72. The van der Waals surface area contributed by atoms with Gasteiger partial charge in [0.2, 0.25) is 0 Å². The molecular formula is C32H54O5. The van der Waals surface area contributed by atoms with Crippen LogP contribution in [0.15, 0.2) is 24.3 Å². The summed E-state index contributed by atoms with van der Waals surface area (Å²) in [7, 11) is 0. The van der Waals surface area contributed by atoms with Gasteiger partial charge in [0.15, 0.2) is 0 Å². The number of hydrogen-bond acceptors (Lipinski definition) is 5. The molecule has 5 fully saturated rings. The third-order valence-electron chi connectivity index (χ3n) is 7.37. The summed E-state index contributed by atoms with van der Waals surface area (Å²) >= 11 is 0.